The normalized spacial score (nSPS) is 13.2. The summed E-state index contributed by atoms with van der Waals surface area (Å²) >= 11 is 6.19. The standard InChI is InChI=1S/C20H21ClN2O/c1-23(2)9-10-24-15-6-3-13-4-7-16-18-11-14(21)5-8-19(18)22-20(16)17(13)12-15/h3,5-6,8,11-12,22H,4,7,9-10H2,1-2H3. The van der Waals surface area contributed by atoms with E-state index in [0.29, 0.717) is 6.61 Å². The van der Waals surface area contributed by atoms with Crippen LogP contribution in [0.2, 0.25) is 5.02 Å². The number of nitrogens with zero attached hydrogens (tertiary/aromatic N) is 1. The maximum Gasteiger partial charge on any atom is 0.120 e. The van der Waals surface area contributed by atoms with Gasteiger partial charge >= 0.3 is 0 Å². The highest BCUT2D eigenvalue weighted by Gasteiger charge is 2.21. The van der Waals surface area contributed by atoms with Gasteiger partial charge in [0.1, 0.15) is 12.4 Å². The van der Waals surface area contributed by atoms with E-state index in [4.69, 9.17) is 16.3 Å². The lowest BCUT2D eigenvalue weighted by Gasteiger charge is -2.18. The molecule has 0 saturated carbocycles. The van der Waals surface area contributed by atoms with Gasteiger partial charge in [0.05, 0.1) is 5.69 Å². The second-order valence-corrected chi connectivity index (χ2v) is 7.08. The molecule has 0 unspecified atom stereocenters. The van der Waals surface area contributed by atoms with Crippen molar-refractivity contribution in [3.8, 4) is 17.0 Å². The Kier molecular flexibility index (Phi) is 3.99. The maximum absolute atomic E-state index is 6.19. The molecule has 2 aromatic carbocycles. The Balaban J connectivity index is 1.72. The van der Waals surface area contributed by atoms with E-state index in [1.54, 1.807) is 0 Å². The van der Waals surface area contributed by atoms with Crippen molar-refractivity contribution >= 4 is 22.5 Å². The number of nitrogens with one attached hydrogen (secondary N) is 1. The molecule has 24 heavy (non-hydrogen) atoms. The predicted octanol–water partition coefficient (Wildman–Crippen LogP) is 4.53. The average Bonchev–Trinajstić information content (AvgIpc) is 2.93. The largest absolute Gasteiger partial charge is 0.492 e. The van der Waals surface area contributed by atoms with E-state index in [0.717, 1.165) is 35.7 Å². The molecule has 0 saturated heterocycles. The van der Waals surface area contributed by atoms with Crippen LogP contribution >= 0.6 is 11.6 Å². The van der Waals surface area contributed by atoms with Gasteiger partial charge in [0, 0.05) is 28.0 Å². The van der Waals surface area contributed by atoms with E-state index in [2.05, 4.69) is 54.3 Å². The lowest BCUT2D eigenvalue weighted by Crippen LogP contribution is -2.19. The van der Waals surface area contributed by atoms with Gasteiger partial charge in [0.25, 0.3) is 0 Å². The van der Waals surface area contributed by atoms with Crippen LogP contribution in [0.4, 0.5) is 0 Å². The van der Waals surface area contributed by atoms with Gasteiger partial charge < -0.3 is 14.6 Å². The molecule has 0 amide bonds. The molecular formula is C20H21ClN2O. The molecule has 1 N–H and O–H groups in total. The number of fused-ring (bicyclic) bond motifs is 5. The molecule has 0 radical (unpaired) electrons. The summed E-state index contributed by atoms with van der Waals surface area (Å²) in [5.74, 6) is 0.931. The van der Waals surface area contributed by atoms with Gasteiger partial charge in [-0.2, -0.15) is 0 Å². The first kappa shape index (κ1) is 15.6. The second-order valence-electron chi connectivity index (χ2n) is 6.64. The monoisotopic (exact) mass is 340 g/mol. The minimum absolute atomic E-state index is 0.695. The summed E-state index contributed by atoms with van der Waals surface area (Å²) in [7, 11) is 4.11. The van der Waals surface area contributed by atoms with Crippen molar-refractivity contribution in [3.05, 3.63) is 52.5 Å². The van der Waals surface area contributed by atoms with Gasteiger partial charge in [-0.15, -0.1) is 0 Å². The molecule has 0 spiro atoms. The van der Waals surface area contributed by atoms with Crippen LogP contribution in [0.3, 0.4) is 0 Å². The zero-order chi connectivity index (χ0) is 16.7. The maximum atomic E-state index is 6.19. The van der Waals surface area contributed by atoms with Gasteiger partial charge in [0.2, 0.25) is 0 Å². The number of halogens is 1. The van der Waals surface area contributed by atoms with Gasteiger partial charge in [-0.3, -0.25) is 0 Å². The summed E-state index contributed by atoms with van der Waals surface area (Å²) in [5.41, 5.74) is 6.36. The average molecular weight is 341 g/mol. The fourth-order valence-electron chi connectivity index (χ4n) is 3.41. The molecule has 1 aromatic heterocycles. The Bertz CT molecular complexity index is 898. The van der Waals surface area contributed by atoms with Crippen LogP contribution in [0.5, 0.6) is 5.75 Å². The molecule has 4 rings (SSSR count). The minimum atomic E-state index is 0.695. The number of H-pyrrole nitrogens is 1. The number of ether oxygens (including phenoxy) is 1. The van der Waals surface area contributed by atoms with E-state index in [1.807, 2.05) is 6.07 Å². The van der Waals surface area contributed by atoms with Crippen LogP contribution in [-0.2, 0) is 12.8 Å². The molecule has 1 heterocycles. The van der Waals surface area contributed by atoms with Crippen LogP contribution in [0.15, 0.2) is 36.4 Å². The quantitative estimate of drug-likeness (QED) is 0.756. The lowest BCUT2D eigenvalue weighted by molar-refractivity contribution is 0.261. The fraction of sp³-hybridized carbons (Fsp3) is 0.300. The molecule has 0 bridgehead atoms. The van der Waals surface area contributed by atoms with Gasteiger partial charge in [-0.25, -0.2) is 0 Å². The summed E-state index contributed by atoms with van der Waals surface area (Å²) in [4.78, 5) is 5.70. The minimum Gasteiger partial charge on any atom is -0.492 e. The SMILES string of the molecule is CN(C)CCOc1ccc2c(c1)-c1[nH]c3ccc(Cl)cc3c1CC2. The van der Waals surface area contributed by atoms with E-state index in [1.165, 1.54) is 27.8 Å². The van der Waals surface area contributed by atoms with Gasteiger partial charge in [0.15, 0.2) is 0 Å². The molecule has 0 fully saturated rings. The number of aromatic amines is 1. The highest BCUT2D eigenvalue weighted by Crippen LogP contribution is 2.39. The molecular weight excluding hydrogens is 320 g/mol. The van der Waals surface area contributed by atoms with Crippen molar-refractivity contribution in [3.63, 3.8) is 0 Å². The molecule has 1 aliphatic carbocycles. The molecule has 0 aliphatic heterocycles. The van der Waals surface area contributed by atoms with Crippen LogP contribution in [-0.4, -0.2) is 37.1 Å². The third-order valence-corrected chi connectivity index (χ3v) is 4.91. The first-order chi connectivity index (χ1) is 11.6. The van der Waals surface area contributed by atoms with Crippen molar-refractivity contribution < 1.29 is 4.74 Å². The van der Waals surface area contributed by atoms with E-state index < -0.39 is 0 Å². The van der Waals surface area contributed by atoms with Crippen LogP contribution in [0.1, 0.15) is 11.1 Å². The third-order valence-electron chi connectivity index (χ3n) is 4.67. The van der Waals surface area contributed by atoms with Gasteiger partial charge in [-0.05, 0) is 68.4 Å². The number of hydrogen-bond acceptors (Lipinski definition) is 2. The topological polar surface area (TPSA) is 28.3 Å². The zero-order valence-electron chi connectivity index (χ0n) is 14.0. The van der Waals surface area contributed by atoms with E-state index in [-0.39, 0.29) is 0 Å². The molecule has 3 nitrogen and oxygen atoms in total. The summed E-state index contributed by atoms with van der Waals surface area (Å²) < 4.78 is 5.91. The summed E-state index contributed by atoms with van der Waals surface area (Å²) in [5, 5.41) is 2.03. The number of hydrogen-bond donors (Lipinski definition) is 1. The Morgan fingerprint density at radius 3 is 2.83 bits per heavy atom. The Morgan fingerprint density at radius 1 is 1.12 bits per heavy atom. The number of rotatable bonds is 4. The Labute approximate surface area is 147 Å². The van der Waals surface area contributed by atoms with Crippen LogP contribution in [0.25, 0.3) is 22.2 Å². The van der Waals surface area contributed by atoms with Crippen molar-refractivity contribution in [2.24, 2.45) is 0 Å². The number of benzene rings is 2. The molecule has 0 atom stereocenters. The lowest BCUT2D eigenvalue weighted by atomic mass is 9.89. The highest BCUT2D eigenvalue weighted by atomic mass is 35.5. The molecule has 1 aliphatic rings. The van der Waals surface area contributed by atoms with Crippen molar-refractivity contribution in [1.29, 1.82) is 0 Å². The highest BCUT2D eigenvalue weighted by molar-refractivity contribution is 6.31. The van der Waals surface area contributed by atoms with Crippen molar-refractivity contribution in [1.82, 2.24) is 9.88 Å². The number of aryl methyl sites for hydroxylation is 2. The predicted molar refractivity (Wildman–Crippen MR) is 100 cm³/mol. The molecule has 4 heteroatoms. The van der Waals surface area contributed by atoms with Crippen molar-refractivity contribution in [2.45, 2.75) is 12.8 Å². The Hall–Kier alpha value is -1.97. The second kappa shape index (κ2) is 6.15. The summed E-state index contributed by atoms with van der Waals surface area (Å²) in [6.45, 7) is 1.61. The zero-order valence-corrected chi connectivity index (χ0v) is 14.8. The van der Waals surface area contributed by atoms with Crippen molar-refractivity contribution in [2.75, 3.05) is 27.2 Å². The number of likely N-dealkylation sites (N-methyl/N-ethyl adjacent to an activating group) is 1. The molecule has 3 aromatic rings. The summed E-state index contributed by atoms with van der Waals surface area (Å²) in [6, 6.07) is 12.5. The first-order valence-corrected chi connectivity index (χ1v) is 8.70. The third kappa shape index (κ3) is 2.79. The van der Waals surface area contributed by atoms with E-state index >= 15 is 0 Å². The fourth-order valence-corrected chi connectivity index (χ4v) is 3.58. The Morgan fingerprint density at radius 2 is 2.00 bits per heavy atom. The first-order valence-electron chi connectivity index (χ1n) is 8.33. The van der Waals surface area contributed by atoms with Crippen LogP contribution < -0.4 is 4.74 Å². The number of aromatic nitrogens is 1. The molecule has 124 valence electrons. The van der Waals surface area contributed by atoms with E-state index in [9.17, 15) is 0 Å². The smallest absolute Gasteiger partial charge is 0.120 e. The van der Waals surface area contributed by atoms with Crippen LogP contribution in [0, 0.1) is 0 Å². The summed E-state index contributed by atoms with van der Waals surface area (Å²) in [6.07, 6.45) is 2.10. The van der Waals surface area contributed by atoms with Gasteiger partial charge in [-0.1, -0.05) is 17.7 Å².